The SMILES string of the molecule is CCOCc1nc(Cl)cc(Sc2nc(C)c(C)c(C)n2)n1. The molecule has 0 aliphatic heterocycles. The van der Waals surface area contributed by atoms with Gasteiger partial charge in [0.15, 0.2) is 11.0 Å². The lowest BCUT2D eigenvalue weighted by atomic mass is 10.2. The van der Waals surface area contributed by atoms with Crippen LogP contribution in [0.5, 0.6) is 0 Å². The van der Waals surface area contributed by atoms with E-state index in [-0.39, 0.29) is 0 Å². The highest BCUT2D eigenvalue weighted by Crippen LogP contribution is 2.26. The number of aromatic nitrogens is 4. The molecule has 0 radical (unpaired) electrons. The Morgan fingerprint density at radius 1 is 1.10 bits per heavy atom. The van der Waals surface area contributed by atoms with Crippen molar-refractivity contribution in [2.45, 2.75) is 44.5 Å². The fraction of sp³-hybridized carbons (Fsp3) is 0.429. The van der Waals surface area contributed by atoms with Crippen LogP contribution in [0.1, 0.15) is 29.7 Å². The molecule has 2 aromatic rings. The number of hydrogen-bond donors (Lipinski definition) is 0. The van der Waals surface area contributed by atoms with Gasteiger partial charge in [-0.2, -0.15) is 0 Å². The molecule has 2 aromatic heterocycles. The van der Waals surface area contributed by atoms with Crippen LogP contribution < -0.4 is 0 Å². The topological polar surface area (TPSA) is 60.8 Å². The summed E-state index contributed by atoms with van der Waals surface area (Å²) in [6.45, 7) is 8.84. The molecule has 0 aliphatic carbocycles. The molecule has 2 rings (SSSR count). The molecule has 112 valence electrons. The van der Waals surface area contributed by atoms with E-state index in [0.717, 1.165) is 17.0 Å². The van der Waals surface area contributed by atoms with Gasteiger partial charge >= 0.3 is 0 Å². The van der Waals surface area contributed by atoms with E-state index in [4.69, 9.17) is 16.3 Å². The van der Waals surface area contributed by atoms with Gasteiger partial charge in [0.1, 0.15) is 16.8 Å². The second-order valence-electron chi connectivity index (χ2n) is 4.49. The normalized spacial score (nSPS) is 10.9. The van der Waals surface area contributed by atoms with E-state index in [1.54, 1.807) is 6.07 Å². The van der Waals surface area contributed by atoms with Gasteiger partial charge in [0.05, 0.1) is 0 Å². The highest BCUT2D eigenvalue weighted by atomic mass is 35.5. The lowest BCUT2D eigenvalue weighted by Crippen LogP contribution is -2.01. The highest BCUT2D eigenvalue weighted by molar-refractivity contribution is 7.99. The van der Waals surface area contributed by atoms with Gasteiger partial charge in [-0.3, -0.25) is 0 Å². The molecule has 0 aliphatic rings. The van der Waals surface area contributed by atoms with Crippen molar-refractivity contribution in [2.75, 3.05) is 6.61 Å². The summed E-state index contributed by atoms with van der Waals surface area (Å²) in [6, 6.07) is 1.70. The first-order valence-electron chi connectivity index (χ1n) is 6.60. The average molecular weight is 325 g/mol. The summed E-state index contributed by atoms with van der Waals surface area (Å²) in [7, 11) is 0. The quantitative estimate of drug-likeness (QED) is 0.619. The van der Waals surface area contributed by atoms with Gasteiger partial charge in [-0.1, -0.05) is 11.6 Å². The summed E-state index contributed by atoms with van der Waals surface area (Å²) in [6.07, 6.45) is 0. The number of halogens is 1. The summed E-state index contributed by atoms with van der Waals surface area (Å²) in [5, 5.41) is 1.77. The van der Waals surface area contributed by atoms with Crippen LogP contribution in [0.2, 0.25) is 5.15 Å². The molecular weight excluding hydrogens is 308 g/mol. The largest absolute Gasteiger partial charge is 0.374 e. The molecule has 0 saturated carbocycles. The second kappa shape index (κ2) is 7.15. The summed E-state index contributed by atoms with van der Waals surface area (Å²) in [5.74, 6) is 0.562. The van der Waals surface area contributed by atoms with Crippen molar-refractivity contribution >= 4 is 23.4 Å². The predicted molar refractivity (Wildman–Crippen MR) is 82.7 cm³/mol. The van der Waals surface area contributed by atoms with E-state index in [9.17, 15) is 0 Å². The molecule has 0 spiro atoms. The average Bonchev–Trinajstić information content (AvgIpc) is 2.42. The Hall–Kier alpha value is -1.24. The van der Waals surface area contributed by atoms with E-state index < -0.39 is 0 Å². The lowest BCUT2D eigenvalue weighted by Gasteiger charge is -2.07. The minimum absolute atomic E-state index is 0.345. The van der Waals surface area contributed by atoms with E-state index in [0.29, 0.717) is 34.4 Å². The van der Waals surface area contributed by atoms with Crippen LogP contribution in [-0.4, -0.2) is 26.5 Å². The zero-order valence-electron chi connectivity index (χ0n) is 12.5. The number of hydrogen-bond acceptors (Lipinski definition) is 6. The van der Waals surface area contributed by atoms with Crippen molar-refractivity contribution < 1.29 is 4.74 Å². The van der Waals surface area contributed by atoms with Crippen LogP contribution in [0.15, 0.2) is 16.2 Å². The fourth-order valence-electron chi connectivity index (χ4n) is 1.63. The van der Waals surface area contributed by atoms with E-state index in [1.165, 1.54) is 11.8 Å². The van der Waals surface area contributed by atoms with Gasteiger partial charge < -0.3 is 4.74 Å². The van der Waals surface area contributed by atoms with Crippen LogP contribution in [-0.2, 0) is 11.3 Å². The van der Waals surface area contributed by atoms with Crippen LogP contribution in [0, 0.1) is 20.8 Å². The van der Waals surface area contributed by atoms with E-state index in [2.05, 4.69) is 19.9 Å². The zero-order chi connectivity index (χ0) is 15.4. The molecule has 21 heavy (non-hydrogen) atoms. The number of ether oxygens (including phenoxy) is 1. The molecule has 0 aromatic carbocycles. The Bertz CT molecular complexity index is 628. The van der Waals surface area contributed by atoms with Crippen LogP contribution in [0.25, 0.3) is 0 Å². The number of rotatable bonds is 5. The standard InChI is InChI=1S/C14H17ClN4OS/c1-5-20-7-12-18-11(15)6-13(19-12)21-14-16-9(3)8(2)10(4)17-14/h6H,5,7H2,1-4H3. The molecule has 0 amide bonds. The van der Waals surface area contributed by atoms with Gasteiger partial charge in [0.2, 0.25) is 0 Å². The zero-order valence-corrected chi connectivity index (χ0v) is 14.0. The molecule has 2 heterocycles. The minimum Gasteiger partial charge on any atom is -0.374 e. The molecule has 5 nitrogen and oxygen atoms in total. The third-order valence-electron chi connectivity index (χ3n) is 2.96. The van der Waals surface area contributed by atoms with Crippen molar-refractivity contribution in [1.29, 1.82) is 0 Å². The minimum atomic E-state index is 0.345. The van der Waals surface area contributed by atoms with Crippen molar-refractivity contribution in [3.05, 3.63) is 34.0 Å². The Balaban J connectivity index is 2.24. The lowest BCUT2D eigenvalue weighted by molar-refractivity contribution is 0.128. The Morgan fingerprint density at radius 2 is 1.76 bits per heavy atom. The van der Waals surface area contributed by atoms with Crippen LogP contribution in [0.4, 0.5) is 0 Å². The molecule has 0 saturated heterocycles. The summed E-state index contributed by atoms with van der Waals surface area (Å²) in [4.78, 5) is 17.5. The number of aryl methyl sites for hydroxylation is 2. The molecule has 0 atom stereocenters. The first-order valence-corrected chi connectivity index (χ1v) is 7.80. The summed E-state index contributed by atoms with van der Waals surface area (Å²) >= 11 is 7.40. The maximum absolute atomic E-state index is 6.02. The predicted octanol–water partition coefficient (Wildman–Crippen LogP) is 3.53. The molecular formula is C14H17ClN4OS. The Kier molecular flexibility index (Phi) is 5.50. The Labute approximate surface area is 133 Å². The monoisotopic (exact) mass is 324 g/mol. The van der Waals surface area contributed by atoms with E-state index >= 15 is 0 Å². The second-order valence-corrected chi connectivity index (χ2v) is 5.86. The maximum atomic E-state index is 6.02. The maximum Gasteiger partial charge on any atom is 0.194 e. The van der Waals surface area contributed by atoms with Gasteiger partial charge in [0.25, 0.3) is 0 Å². The summed E-state index contributed by atoms with van der Waals surface area (Å²) in [5.41, 5.74) is 3.05. The molecule has 7 heteroatoms. The highest BCUT2D eigenvalue weighted by Gasteiger charge is 2.10. The van der Waals surface area contributed by atoms with Crippen molar-refractivity contribution in [3.63, 3.8) is 0 Å². The molecule has 0 bridgehead atoms. The van der Waals surface area contributed by atoms with Crippen LogP contribution in [0.3, 0.4) is 0 Å². The van der Waals surface area contributed by atoms with Crippen molar-refractivity contribution in [1.82, 2.24) is 19.9 Å². The Morgan fingerprint density at radius 3 is 2.38 bits per heavy atom. The molecule has 0 fully saturated rings. The van der Waals surface area contributed by atoms with E-state index in [1.807, 2.05) is 27.7 Å². The third-order valence-corrected chi connectivity index (χ3v) is 3.94. The molecule has 0 N–H and O–H groups in total. The van der Waals surface area contributed by atoms with Crippen LogP contribution >= 0.6 is 23.4 Å². The van der Waals surface area contributed by atoms with Gasteiger partial charge in [0, 0.05) is 24.1 Å². The first-order chi connectivity index (χ1) is 9.99. The smallest absolute Gasteiger partial charge is 0.194 e. The first kappa shape index (κ1) is 16.1. The van der Waals surface area contributed by atoms with Gasteiger partial charge in [-0.25, -0.2) is 19.9 Å². The van der Waals surface area contributed by atoms with Crippen molar-refractivity contribution in [3.8, 4) is 0 Å². The summed E-state index contributed by atoms with van der Waals surface area (Å²) < 4.78 is 5.31. The van der Waals surface area contributed by atoms with Crippen molar-refractivity contribution in [2.24, 2.45) is 0 Å². The third kappa shape index (κ3) is 4.36. The number of nitrogens with zero attached hydrogens (tertiary/aromatic N) is 4. The van der Waals surface area contributed by atoms with Gasteiger partial charge in [-0.15, -0.1) is 0 Å². The molecule has 0 unspecified atom stereocenters. The van der Waals surface area contributed by atoms with Gasteiger partial charge in [-0.05, 0) is 45.0 Å². The fourth-order valence-corrected chi connectivity index (χ4v) is 2.77.